The monoisotopic (exact) mass is 157 g/mol. The number of rotatable bonds is 1. The van der Waals surface area contributed by atoms with E-state index in [1.54, 1.807) is 12.3 Å². The summed E-state index contributed by atoms with van der Waals surface area (Å²) in [5.41, 5.74) is 0.365. The van der Waals surface area contributed by atoms with E-state index in [2.05, 4.69) is 16.3 Å². The number of carbonyl (C=O) groups excluding carboxylic acids is 1. The third-order valence-corrected chi connectivity index (χ3v) is 1.63. The van der Waals surface area contributed by atoms with Gasteiger partial charge < -0.3 is 0 Å². The summed E-state index contributed by atoms with van der Waals surface area (Å²) in [4.78, 5) is 10.5. The Bertz CT molecular complexity index is 420. The van der Waals surface area contributed by atoms with Gasteiger partial charge in [0.05, 0.1) is 6.20 Å². The van der Waals surface area contributed by atoms with Crippen LogP contribution in [0.3, 0.4) is 0 Å². The van der Waals surface area contributed by atoms with Crippen molar-refractivity contribution in [2.75, 3.05) is 0 Å². The summed E-state index contributed by atoms with van der Waals surface area (Å²) in [6, 6.07) is 8.38. The Labute approximate surface area is 69.0 Å². The smallest absolute Gasteiger partial charge is 0.170 e. The lowest BCUT2D eigenvalue weighted by molar-refractivity contribution is 0.112. The van der Waals surface area contributed by atoms with Crippen LogP contribution in [0.25, 0.3) is 10.8 Å². The van der Waals surface area contributed by atoms with Gasteiger partial charge in [-0.1, -0.05) is 18.2 Å². The molecule has 2 rings (SSSR count). The van der Waals surface area contributed by atoms with Crippen LogP contribution in [0.5, 0.6) is 0 Å². The Morgan fingerprint density at radius 3 is 3.25 bits per heavy atom. The summed E-state index contributed by atoms with van der Waals surface area (Å²) in [6.07, 6.45) is 2.28. The van der Waals surface area contributed by atoms with Crippen molar-refractivity contribution in [1.29, 1.82) is 0 Å². The largest absolute Gasteiger partial charge is 0.296 e. The van der Waals surface area contributed by atoms with Crippen molar-refractivity contribution in [3.05, 3.63) is 36.2 Å². The summed E-state index contributed by atoms with van der Waals surface area (Å²) in [7, 11) is 0. The summed E-state index contributed by atoms with van der Waals surface area (Å²) < 4.78 is 0. The van der Waals surface area contributed by atoms with Crippen LogP contribution in [0.2, 0.25) is 0 Å². The lowest BCUT2D eigenvalue weighted by Gasteiger charge is -1.95. The van der Waals surface area contributed by atoms with Crippen molar-refractivity contribution in [1.82, 2.24) is 10.2 Å². The van der Waals surface area contributed by atoms with Gasteiger partial charge in [0.25, 0.3) is 0 Å². The summed E-state index contributed by atoms with van der Waals surface area (Å²) in [5.74, 6) is 0. The highest BCUT2D eigenvalue weighted by atomic mass is 16.1. The number of aldehydes is 1. The average molecular weight is 157 g/mol. The van der Waals surface area contributed by atoms with Gasteiger partial charge >= 0.3 is 0 Å². The van der Waals surface area contributed by atoms with E-state index >= 15 is 0 Å². The highest BCUT2D eigenvalue weighted by Gasteiger charge is 1.99. The molecule has 0 N–H and O–H groups in total. The van der Waals surface area contributed by atoms with E-state index in [0.717, 1.165) is 10.8 Å². The molecule has 0 saturated carbocycles. The van der Waals surface area contributed by atoms with Gasteiger partial charge in [-0.05, 0) is 6.07 Å². The Balaban J connectivity index is 2.88. The summed E-state index contributed by atoms with van der Waals surface area (Å²) in [6.45, 7) is 0. The van der Waals surface area contributed by atoms with E-state index in [-0.39, 0.29) is 0 Å². The molecule has 0 unspecified atom stereocenters. The molecule has 12 heavy (non-hydrogen) atoms. The standard InChI is InChI=1S/C9H5N2O/c12-6-9-8-4-2-1-3-7(8)5-10-11-9/h1-2,4-6H. The first-order valence-electron chi connectivity index (χ1n) is 3.49. The molecule has 2 aromatic rings. The van der Waals surface area contributed by atoms with Crippen molar-refractivity contribution in [3.63, 3.8) is 0 Å². The van der Waals surface area contributed by atoms with E-state index in [1.807, 2.05) is 12.1 Å². The number of fused-ring (bicyclic) bond motifs is 1. The Kier molecular flexibility index (Phi) is 1.55. The lowest BCUT2D eigenvalue weighted by atomic mass is 10.1. The Morgan fingerprint density at radius 2 is 2.42 bits per heavy atom. The second-order valence-corrected chi connectivity index (χ2v) is 2.35. The molecule has 0 saturated heterocycles. The van der Waals surface area contributed by atoms with Gasteiger partial charge in [-0.2, -0.15) is 5.10 Å². The first-order chi connectivity index (χ1) is 5.92. The molecule has 0 atom stereocenters. The van der Waals surface area contributed by atoms with Crippen LogP contribution in [0.15, 0.2) is 24.4 Å². The molecule has 57 valence electrons. The minimum Gasteiger partial charge on any atom is -0.296 e. The van der Waals surface area contributed by atoms with Gasteiger partial charge in [0.2, 0.25) is 0 Å². The predicted octanol–water partition coefficient (Wildman–Crippen LogP) is 1.24. The zero-order valence-corrected chi connectivity index (χ0v) is 6.19. The second kappa shape index (κ2) is 2.70. The quantitative estimate of drug-likeness (QED) is 0.585. The maximum Gasteiger partial charge on any atom is 0.170 e. The molecular weight excluding hydrogens is 152 g/mol. The average Bonchev–Trinajstić information content (AvgIpc) is 2.17. The van der Waals surface area contributed by atoms with Crippen molar-refractivity contribution in [3.8, 4) is 0 Å². The van der Waals surface area contributed by atoms with E-state index in [1.165, 1.54) is 0 Å². The first kappa shape index (κ1) is 6.91. The Morgan fingerprint density at radius 1 is 1.50 bits per heavy atom. The van der Waals surface area contributed by atoms with Crippen LogP contribution in [0, 0.1) is 6.07 Å². The molecule has 3 nitrogen and oxygen atoms in total. The van der Waals surface area contributed by atoms with Crippen LogP contribution in [0.4, 0.5) is 0 Å². The number of nitrogens with zero attached hydrogens (tertiary/aromatic N) is 2. The first-order valence-corrected chi connectivity index (χ1v) is 3.49. The molecule has 0 spiro atoms. The minimum absolute atomic E-state index is 0.365. The van der Waals surface area contributed by atoms with Gasteiger partial charge in [-0.3, -0.25) is 4.79 Å². The maximum atomic E-state index is 10.5. The zero-order chi connectivity index (χ0) is 8.39. The van der Waals surface area contributed by atoms with Crippen LogP contribution in [0.1, 0.15) is 10.5 Å². The van der Waals surface area contributed by atoms with E-state index < -0.39 is 0 Å². The fourth-order valence-corrected chi connectivity index (χ4v) is 1.07. The predicted molar refractivity (Wildman–Crippen MR) is 43.8 cm³/mol. The zero-order valence-electron chi connectivity index (χ0n) is 6.19. The van der Waals surface area contributed by atoms with Crippen molar-refractivity contribution in [2.24, 2.45) is 0 Å². The van der Waals surface area contributed by atoms with E-state index in [4.69, 9.17) is 0 Å². The number of carbonyl (C=O) groups is 1. The van der Waals surface area contributed by atoms with Gasteiger partial charge in [0.15, 0.2) is 6.29 Å². The molecule has 1 radical (unpaired) electrons. The molecule has 3 heteroatoms. The molecule has 0 amide bonds. The molecule has 0 aliphatic heterocycles. The summed E-state index contributed by atoms with van der Waals surface area (Å²) in [5, 5.41) is 8.97. The highest BCUT2D eigenvalue weighted by molar-refractivity contribution is 5.94. The van der Waals surface area contributed by atoms with E-state index in [9.17, 15) is 4.79 Å². The molecule has 1 aromatic heterocycles. The number of hydrogen-bond acceptors (Lipinski definition) is 3. The van der Waals surface area contributed by atoms with Crippen molar-refractivity contribution in [2.45, 2.75) is 0 Å². The number of benzene rings is 1. The molecule has 1 heterocycles. The fourth-order valence-electron chi connectivity index (χ4n) is 1.07. The molecular formula is C9H5N2O. The summed E-state index contributed by atoms with van der Waals surface area (Å²) >= 11 is 0. The lowest BCUT2D eigenvalue weighted by Crippen LogP contribution is -1.91. The van der Waals surface area contributed by atoms with Crippen LogP contribution in [-0.4, -0.2) is 16.5 Å². The molecule has 0 bridgehead atoms. The third-order valence-electron chi connectivity index (χ3n) is 1.63. The third kappa shape index (κ3) is 0.955. The molecule has 0 aliphatic carbocycles. The second-order valence-electron chi connectivity index (χ2n) is 2.35. The van der Waals surface area contributed by atoms with Crippen LogP contribution in [-0.2, 0) is 0 Å². The van der Waals surface area contributed by atoms with Crippen LogP contribution >= 0.6 is 0 Å². The van der Waals surface area contributed by atoms with Crippen LogP contribution < -0.4 is 0 Å². The maximum absolute atomic E-state index is 10.5. The molecule has 0 aliphatic rings. The van der Waals surface area contributed by atoms with E-state index in [0.29, 0.717) is 12.0 Å². The Hall–Kier alpha value is -1.77. The van der Waals surface area contributed by atoms with Gasteiger partial charge in [-0.25, -0.2) is 0 Å². The topological polar surface area (TPSA) is 42.9 Å². The SMILES string of the molecule is O=Cc1nncc2[c]cccc12. The van der Waals surface area contributed by atoms with Gasteiger partial charge in [0, 0.05) is 10.8 Å². The minimum atomic E-state index is 0.365. The normalized spacial score (nSPS) is 10.0. The van der Waals surface area contributed by atoms with Gasteiger partial charge in [0.1, 0.15) is 5.69 Å². The molecule has 0 fully saturated rings. The fraction of sp³-hybridized carbons (Fsp3) is 0. The highest BCUT2D eigenvalue weighted by Crippen LogP contribution is 2.12. The molecule has 1 aromatic carbocycles. The number of aromatic nitrogens is 2. The van der Waals surface area contributed by atoms with Crippen molar-refractivity contribution < 1.29 is 4.79 Å². The van der Waals surface area contributed by atoms with Crippen molar-refractivity contribution >= 4 is 17.1 Å². The number of hydrogen-bond donors (Lipinski definition) is 0. The van der Waals surface area contributed by atoms with Gasteiger partial charge in [-0.15, -0.1) is 5.10 Å².